The molecule has 1 unspecified atom stereocenters. The number of benzene rings is 1. The molecule has 0 aromatic heterocycles. The number of rotatable bonds is 3. The van der Waals surface area contributed by atoms with Gasteiger partial charge >= 0.3 is 5.97 Å². The number of carbonyl (C=O) groups excluding carboxylic acids is 1. The Hall–Kier alpha value is -1.63. The Morgan fingerprint density at radius 2 is 2.16 bits per heavy atom. The molecule has 2 rings (SSSR count). The first-order valence-corrected chi connectivity index (χ1v) is 6.21. The minimum Gasteiger partial charge on any atom is -0.478 e. The molecular weight excluding hydrogens is 276 g/mol. The van der Waals surface area contributed by atoms with Crippen molar-refractivity contribution in [3.63, 3.8) is 0 Å². The van der Waals surface area contributed by atoms with Crippen LogP contribution in [-0.4, -0.2) is 29.3 Å². The number of carbonyl (C=O) groups is 2. The summed E-state index contributed by atoms with van der Waals surface area (Å²) in [6, 6.07) is 1.69. The largest absolute Gasteiger partial charge is 0.478 e. The summed E-state index contributed by atoms with van der Waals surface area (Å²) >= 11 is 4.06. The van der Waals surface area contributed by atoms with Crippen LogP contribution in [0.25, 0.3) is 0 Å². The normalized spacial score (nSPS) is 19.0. The zero-order valence-corrected chi connectivity index (χ0v) is 10.7. The highest BCUT2D eigenvalue weighted by molar-refractivity contribution is 7.80. The molecule has 0 radical (unpaired) electrons. The molecule has 19 heavy (non-hydrogen) atoms. The Balaban J connectivity index is 2.52. The smallest absolute Gasteiger partial charge is 0.337 e. The number of halogens is 2. The van der Waals surface area contributed by atoms with Gasteiger partial charge in [0.15, 0.2) is 11.6 Å². The van der Waals surface area contributed by atoms with E-state index in [4.69, 9.17) is 5.11 Å². The van der Waals surface area contributed by atoms with Gasteiger partial charge in [-0.25, -0.2) is 13.6 Å². The molecule has 4 nitrogen and oxygen atoms in total. The number of thiol groups is 1. The number of hydrogen-bond donors (Lipinski definition) is 2. The Labute approximate surface area is 113 Å². The SMILES string of the molecule is O=C(O)c1ccc(F)c(F)c1N1CC(CS)CC1=O. The van der Waals surface area contributed by atoms with Crippen molar-refractivity contribution in [3.05, 3.63) is 29.3 Å². The van der Waals surface area contributed by atoms with E-state index in [9.17, 15) is 18.4 Å². The van der Waals surface area contributed by atoms with E-state index in [-0.39, 0.29) is 18.9 Å². The van der Waals surface area contributed by atoms with Gasteiger partial charge in [-0.15, -0.1) is 0 Å². The molecule has 1 aliphatic heterocycles. The van der Waals surface area contributed by atoms with E-state index < -0.39 is 34.8 Å². The van der Waals surface area contributed by atoms with Gasteiger partial charge in [-0.2, -0.15) is 12.6 Å². The second-order valence-corrected chi connectivity index (χ2v) is 4.68. The number of carboxylic acids is 1. The average molecular weight is 287 g/mol. The number of amides is 1. The molecule has 1 atom stereocenters. The van der Waals surface area contributed by atoms with Crippen LogP contribution in [0.15, 0.2) is 12.1 Å². The lowest BCUT2D eigenvalue weighted by Gasteiger charge is -2.19. The van der Waals surface area contributed by atoms with Crippen LogP contribution in [0, 0.1) is 17.6 Å². The van der Waals surface area contributed by atoms with Crippen LogP contribution in [-0.2, 0) is 4.79 Å². The Bertz CT molecular complexity index is 550. The van der Waals surface area contributed by atoms with E-state index in [1.54, 1.807) is 0 Å². The predicted octanol–water partition coefficient (Wildman–Crippen LogP) is 1.95. The highest BCUT2D eigenvalue weighted by Gasteiger charge is 2.34. The van der Waals surface area contributed by atoms with Crippen LogP contribution in [0.1, 0.15) is 16.8 Å². The fourth-order valence-corrected chi connectivity index (χ4v) is 2.34. The maximum atomic E-state index is 13.8. The minimum absolute atomic E-state index is 0.0971. The average Bonchev–Trinajstić information content (AvgIpc) is 2.73. The van der Waals surface area contributed by atoms with E-state index in [0.717, 1.165) is 17.0 Å². The molecule has 1 heterocycles. The summed E-state index contributed by atoms with van der Waals surface area (Å²) in [6.45, 7) is 0.142. The molecule has 7 heteroatoms. The van der Waals surface area contributed by atoms with E-state index in [1.165, 1.54) is 0 Å². The van der Waals surface area contributed by atoms with Crippen molar-refractivity contribution in [1.29, 1.82) is 0 Å². The number of aromatic carboxylic acids is 1. The second-order valence-electron chi connectivity index (χ2n) is 4.32. The minimum atomic E-state index is -1.41. The van der Waals surface area contributed by atoms with Crippen molar-refractivity contribution in [1.82, 2.24) is 0 Å². The molecule has 1 fully saturated rings. The summed E-state index contributed by atoms with van der Waals surface area (Å²) < 4.78 is 27.1. The third-order valence-corrected chi connectivity index (χ3v) is 3.55. The zero-order valence-electron chi connectivity index (χ0n) is 9.77. The van der Waals surface area contributed by atoms with Gasteiger partial charge in [0, 0.05) is 13.0 Å². The van der Waals surface area contributed by atoms with E-state index >= 15 is 0 Å². The van der Waals surface area contributed by atoms with E-state index in [0.29, 0.717) is 5.75 Å². The van der Waals surface area contributed by atoms with Gasteiger partial charge in [0.25, 0.3) is 0 Å². The topological polar surface area (TPSA) is 57.6 Å². The van der Waals surface area contributed by atoms with Crippen molar-refractivity contribution in [3.8, 4) is 0 Å². The first kappa shape index (κ1) is 13.8. The lowest BCUT2D eigenvalue weighted by Crippen LogP contribution is -2.28. The van der Waals surface area contributed by atoms with Gasteiger partial charge in [0.05, 0.1) is 11.3 Å². The summed E-state index contributed by atoms with van der Waals surface area (Å²) in [5.41, 5.74) is -0.922. The highest BCUT2D eigenvalue weighted by Crippen LogP contribution is 2.32. The van der Waals surface area contributed by atoms with Crippen LogP contribution in [0.3, 0.4) is 0 Å². The molecule has 1 aliphatic rings. The quantitative estimate of drug-likeness (QED) is 0.835. The zero-order chi connectivity index (χ0) is 14.2. The van der Waals surface area contributed by atoms with Crippen LogP contribution in [0.4, 0.5) is 14.5 Å². The fourth-order valence-electron chi connectivity index (χ4n) is 2.10. The van der Waals surface area contributed by atoms with E-state index in [1.807, 2.05) is 0 Å². The van der Waals surface area contributed by atoms with Gasteiger partial charge in [-0.05, 0) is 23.8 Å². The first-order valence-electron chi connectivity index (χ1n) is 5.58. The summed E-state index contributed by atoms with van der Waals surface area (Å²) in [7, 11) is 0. The fraction of sp³-hybridized carbons (Fsp3) is 0.333. The van der Waals surface area contributed by atoms with Crippen molar-refractivity contribution >= 4 is 30.2 Å². The van der Waals surface area contributed by atoms with Crippen molar-refractivity contribution < 1.29 is 23.5 Å². The van der Waals surface area contributed by atoms with Crippen molar-refractivity contribution in [2.45, 2.75) is 6.42 Å². The standard InChI is InChI=1S/C12H11F2NO3S/c13-8-2-1-7(12(17)18)11(10(8)14)15-4-6(5-19)3-9(15)16/h1-2,6,19H,3-5H2,(H,17,18). The molecule has 0 spiro atoms. The lowest BCUT2D eigenvalue weighted by molar-refractivity contribution is -0.117. The first-order chi connectivity index (χ1) is 8.95. The molecule has 0 bridgehead atoms. The molecule has 102 valence electrons. The summed E-state index contributed by atoms with van der Waals surface area (Å²) in [5, 5.41) is 9.01. The third-order valence-electron chi connectivity index (χ3n) is 3.03. The van der Waals surface area contributed by atoms with Gasteiger partial charge in [-0.1, -0.05) is 0 Å². The molecule has 1 N–H and O–H groups in total. The Morgan fingerprint density at radius 1 is 1.47 bits per heavy atom. The Morgan fingerprint density at radius 3 is 2.68 bits per heavy atom. The van der Waals surface area contributed by atoms with Gasteiger partial charge in [0.1, 0.15) is 0 Å². The molecule has 1 aromatic carbocycles. The van der Waals surface area contributed by atoms with Crippen molar-refractivity contribution in [2.24, 2.45) is 5.92 Å². The van der Waals surface area contributed by atoms with E-state index in [2.05, 4.69) is 12.6 Å². The summed E-state index contributed by atoms with van der Waals surface area (Å²) in [6.07, 6.45) is 0.151. The lowest BCUT2D eigenvalue weighted by atomic mass is 10.1. The maximum absolute atomic E-state index is 13.8. The van der Waals surface area contributed by atoms with Crippen LogP contribution in [0.5, 0.6) is 0 Å². The summed E-state index contributed by atoms with van der Waals surface area (Å²) in [5.74, 6) is -4.00. The van der Waals surface area contributed by atoms with Gasteiger partial charge in [-0.3, -0.25) is 4.79 Å². The molecule has 0 saturated carbocycles. The Kier molecular flexibility index (Phi) is 3.75. The summed E-state index contributed by atoms with van der Waals surface area (Å²) in [4.78, 5) is 23.8. The highest BCUT2D eigenvalue weighted by atomic mass is 32.1. The molecular formula is C12H11F2NO3S. The predicted molar refractivity (Wildman–Crippen MR) is 67.6 cm³/mol. The molecule has 0 aliphatic carbocycles. The number of anilines is 1. The molecule has 1 saturated heterocycles. The monoisotopic (exact) mass is 287 g/mol. The number of carboxylic acid groups (broad SMARTS) is 1. The van der Waals surface area contributed by atoms with Crippen LogP contribution < -0.4 is 4.90 Å². The number of nitrogens with zero attached hydrogens (tertiary/aromatic N) is 1. The maximum Gasteiger partial charge on any atom is 0.337 e. The van der Waals surface area contributed by atoms with Crippen LogP contribution >= 0.6 is 12.6 Å². The van der Waals surface area contributed by atoms with Gasteiger partial charge < -0.3 is 10.0 Å². The second kappa shape index (κ2) is 5.16. The number of hydrogen-bond acceptors (Lipinski definition) is 3. The van der Waals surface area contributed by atoms with Gasteiger partial charge in [0.2, 0.25) is 5.91 Å². The van der Waals surface area contributed by atoms with Crippen molar-refractivity contribution in [2.75, 3.05) is 17.2 Å². The van der Waals surface area contributed by atoms with Crippen LogP contribution in [0.2, 0.25) is 0 Å². The third kappa shape index (κ3) is 2.42. The molecule has 1 amide bonds. The molecule has 1 aromatic rings.